The third kappa shape index (κ3) is 3.56. The molecule has 1 heterocycles. The number of hydrogen-bond donors (Lipinski definition) is 4. The molecule has 0 fully saturated rings. The van der Waals surface area contributed by atoms with E-state index in [1.165, 1.54) is 6.07 Å². The van der Waals surface area contributed by atoms with Gasteiger partial charge in [-0.15, -0.1) is 0 Å². The molecule has 6 nitrogen and oxygen atoms in total. The molecule has 0 saturated heterocycles. The Balaban J connectivity index is 2.37. The van der Waals surface area contributed by atoms with Gasteiger partial charge >= 0.3 is 0 Å². The molecule has 0 radical (unpaired) electrons. The van der Waals surface area contributed by atoms with E-state index in [4.69, 9.17) is 17.3 Å². The number of aliphatic imine (C=N–C) groups is 1. The number of hydrogen-bond acceptors (Lipinski definition) is 5. The van der Waals surface area contributed by atoms with Crippen LogP contribution in [0, 0.1) is 0 Å². The summed E-state index contributed by atoms with van der Waals surface area (Å²) in [4.78, 5) is 16.1. The van der Waals surface area contributed by atoms with Crippen LogP contribution in [0.4, 0.5) is 10.7 Å². The Hall–Kier alpha value is -1.99. The maximum absolute atomic E-state index is 11.9. The van der Waals surface area contributed by atoms with Crippen LogP contribution in [0.2, 0.25) is 5.02 Å². The highest BCUT2D eigenvalue weighted by Crippen LogP contribution is 2.29. The maximum Gasteiger partial charge on any atom is 0.271 e. The van der Waals surface area contributed by atoms with Gasteiger partial charge in [0.05, 0.1) is 5.02 Å². The van der Waals surface area contributed by atoms with E-state index in [0.29, 0.717) is 16.3 Å². The molecule has 0 unspecified atom stereocenters. The Morgan fingerprint density at radius 2 is 2.24 bits per heavy atom. The number of nitrogens with one attached hydrogen (secondary N) is 2. The number of rotatable bonds is 4. The van der Waals surface area contributed by atoms with Crippen LogP contribution in [-0.4, -0.2) is 21.4 Å². The van der Waals surface area contributed by atoms with Crippen LogP contribution in [-0.2, 0) is 0 Å². The summed E-state index contributed by atoms with van der Waals surface area (Å²) in [5.41, 5.74) is 6.52. The summed E-state index contributed by atoms with van der Waals surface area (Å²) < 4.78 is 2.62. The summed E-state index contributed by atoms with van der Waals surface area (Å²) in [7, 11) is 0. The number of phenols is 1. The zero-order chi connectivity index (χ0) is 15.6. The van der Waals surface area contributed by atoms with Gasteiger partial charge in [0.25, 0.3) is 5.56 Å². The maximum atomic E-state index is 11.9. The van der Waals surface area contributed by atoms with Crippen molar-refractivity contribution in [2.45, 2.75) is 19.9 Å². The van der Waals surface area contributed by atoms with Crippen molar-refractivity contribution < 1.29 is 5.11 Å². The third-order valence-corrected chi connectivity index (χ3v) is 3.66. The van der Waals surface area contributed by atoms with Crippen LogP contribution < -0.4 is 16.6 Å². The standard InChI is InChI=1S/C13H15ClN4O2S/c1-6(2)16-11(15)10-12(20)18-21-13(10)17-7-3-4-9(19)8(14)5-7/h3-6,17,19H,1-2H3,(H2,15,16)(H,18,20). The monoisotopic (exact) mass is 326 g/mol. The molecule has 0 saturated carbocycles. The molecular weight excluding hydrogens is 312 g/mol. The van der Waals surface area contributed by atoms with Crippen LogP contribution in [0.5, 0.6) is 5.75 Å². The van der Waals surface area contributed by atoms with Gasteiger partial charge in [-0.05, 0) is 43.6 Å². The molecule has 5 N–H and O–H groups in total. The van der Waals surface area contributed by atoms with E-state index in [0.717, 1.165) is 11.5 Å². The van der Waals surface area contributed by atoms with Crippen LogP contribution in [0.1, 0.15) is 19.4 Å². The minimum absolute atomic E-state index is 0.00872. The molecule has 21 heavy (non-hydrogen) atoms. The number of aromatic amines is 1. The highest BCUT2D eigenvalue weighted by atomic mass is 35.5. The van der Waals surface area contributed by atoms with Gasteiger partial charge in [-0.25, -0.2) is 0 Å². The van der Waals surface area contributed by atoms with Crippen molar-refractivity contribution >= 4 is 39.7 Å². The van der Waals surface area contributed by atoms with E-state index < -0.39 is 0 Å². The Morgan fingerprint density at radius 3 is 2.86 bits per heavy atom. The molecule has 1 aromatic carbocycles. The normalized spacial score (nSPS) is 11.9. The molecule has 0 atom stereocenters. The first-order chi connectivity index (χ1) is 9.88. The fourth-order valence-corrected chi connectivity index (χ4v) is 2.63. The summed E-state index contributed by atoms with van der Waals surface area (Å²) in [6.07, 6.45) is 0. The van der Waals surface area contributed by atoms with Crippen molar-refractivity contribution in [2.75, 3.05) is 5.32 Å². The molecule has 0 amide bonds. The average molecular weight is 327 g/mol. The summed E-state index contributed by atoms with van der Waals surface area (Å²) in [6, 6.07) is 4.65. The minimum Gasteiger partial charge on any atom is -0.506 e. The van der Waals surface area contributed by atoms with E-state index >= 15 is 0 Å². The molecular formula is C13H15ClN4O2S. The summed E-state index contributed by atoms with van der Waals surface area (Å²) >= 11 is 6.97. The Kier molecular flexibility index (Phi) is 4.54. The number of benzene rings is 1. The quantitative estimate of drug-likeness (QED) is 0.394. The molecule has 0 aliphatic heterocycles. The first-order valence-electron chi connectivity index (χ1n) is 6.19. The molecule has 0 spiro atoms. The smallest absolute Gasteiger partial charge is 0.271 e. The van der Waals surface area contributed by atoms with Crippen molar-refractivity contribution in [1.29, 1.82) is 0 Å². The van der Waals surface area contributed by atoms with E-state index in [1.54, 1.807) is 12.1 Å². The molecule has 112 valence electrons. The fourth-order valence-electron chi connectivity index (χ4n) is 1.68. The van der Waals surface area contributed by atoms with Gasteiger partial charge in [0.15, 0.2) is 0 Å². The van der Waals surface area contributed by atoms with E-state index in [1.807, 2.05) is 13.8 Å². The summed E-state index contributed by atoms with van der Waals surface area (Å²) in [5.74, 6) is 0.172. The van der Waals surface area contributed by atoms with Crippen LogP contribution in [0.15, 0.2) is 28.0 Å². The zero-order valence-electron chi connectivity index (χ0n) is 11.5. The molecule has 0 bridgehead atoms. The second kappa shape index (κ2) is 6.19. The Morgan fingerprint density at radius 1 is 1.52 bits per heavy atom. The molecule has 2 aromatic rings. The van der Waals surface area contributed by atoms with Gasteiger partial charge in [0.1, 0.15) is 22.1 Å². The number of phenolic OH excluding ortho intramolecular Hbond substituents is 1. The van der Waals surface area contributed by atoms with Crippen molar-refractivity contribution in [3.05, 3.63) is 39.1 Å². The summed E-state index contributed by atoms with van der Waals surface area (Å²) in [5, 5.41) is 13.2. The Labute approximate surface area is 130 Å². The lowest BCUT2D eigenvalue weighted by molar-refractivity contribution is 0.475. The molecule has 1 aromatic heterocycles. The van der Waals surface area contributed by atoms with E-state index in [-0.39, 0.29) is 28.2 Å². The second-order valence-corrected chi connectivity index (χ2v) is 5.86. The topological polar surface area (TPSA) is 104 Å². The van der Waals surface area contributed by atoms with Gasteiger partial charge < -0.3 is 16.2 Å². The van der Waals surface area contributed by atoms with Gasteiger partial charge in [-0.3, -0.25) is 14.2 Å². The van der Waals surface area contributed by atoms with Crippen molar-refractivity contribution in [2.24, 2.45) is 10.7 Å². The van der Waals surface area contributed by atoms with E-state index in [2.05, 4.69) is 14.7 Å². The number of aromatic hydroxyl groups is 1. The Bertz CT molecular complexity index is 736. The molecule has 0 aliphatic carbocycles. The largest absolute Gasteiger partial charge is 0.506 e. The average Bonchev–Trinajstić information content (AvgIpc) is 2.74. The van der Waals surface area contributed by atoms with Crippen molar-refractivity contribution in [1.82, 2.24) is 4.37 Å². The zero-order valence-corrected chi connectivity index (χ0v) is 13.0. The number of H-pyrrole nitrogens is 1. The van der Waals surface area contributed by atoms with Gasteiger partial charge in [0.2, 0.25) is 0 Å². The van der Waals surface area contributed by atoms with Crippen LogP contribution >= 0.6 is 23.1 Å². The van der Waals surface area contributed by atoms with Crippen LogP contribution in [0.3, 0.4) is 0 Å². The number of halogens is 1. The minimum atomic E-state index is -0.297. The van der Waals surface area contributed by atoms with Crippen molar-refractivity contribution in [3.8, 4) is 5.75 Å². The SMILES string of the molecule is CC(C)N=C(N)c1c(Nc2ccc(O)c(Cl)c2)s[nH]c1=O. The fraction of sp³-hybridized carbons (Fsp3) is 0.231. The summed E-state index contributed by atoms with van der Waals surface area (Å²) in [6.45, 7) is 3.75. The number of aromatic nitrogens is 1. The van der Waals surface area contributed by atoms with Gasteiger partial charge in [-0.2, -0.15) is 0 Å². The van der Waals surface area contributed by atoms with E-state index in [9.17, 15) is 9.90 Å². The molecule has 2 rings (SSSR count). The number of anilines is 2. The first-order valence-corrected chi connectivity index (χ1v) is 7.38. The third-order valence-electron chi connectivity index (χ3n) is 2.56. The van der Waals surface area contributed by atoms with Crippen molar-refractivity contribution in [3.63, 3.8) is 0 Å². The predicted molar refractivity (Wildman–Crippen MR) is 87.2 cm³/mol. The predicted octanol–water partition coefficient (Wildman–Crippen LogP) is 2.65. The highest BCUT2D eigenvalue weighted by Gasteiger charge is 2.15. The lowest BCUT2D eigenvalue weighted by Crippen LogP contribution is -2.23. The van der Waals surface area contributed by atoms with Gasteiger partial charge in [0, 0.05) is 11.7 Å². The second-order valence-electron chi connectivity index (χ2n) is 4.64. The molecule has 0 aliphatic rings. The first kappa shape index (κ1) is 15.4. The molecule has 8 heteroatoms. The number of nitrogens with zero attached hydrogens (tertiary/aromatic N) is 1. The van der Waals surface area contributed by atoms with Crippen LogP contribution in [0.25, 0.3) is 0 Å². The lowest BCUT2D eigenvalue weighted by Gasteiger charge is -2.07. The number of nitrogens with two attached hydrogens (primary N) is 1. The highest BCUT2D eigenvalue weighted by molar-refractivity contribution is 7.10. The number of amidine groups is 1. The van der Waals surface area contributed by atoms with Gasteiger partial charge in [-0.1, -0.05) is 11.6 Å². The lowest BCUT2D eigenvalue weighted by atomic mass is 10.2.